The second kappa shape index (κ2) is 10.7. The number of hydrogen-bond donors (Lipinski definition) is 0. The largest absolute Gasteiger partial charge is 0.497 e. The van der Waals surface area contributed by atoms with E-state index < -0.39 is 7.92 Å². The maximum atomic E-state index is 14.6. The van der Waals surface area contributed by atoms with Gasteiger partial charge in [0, 0.05) is 0 Å². The highest BCUT2D eigenvalue weighted by atomic mass is 31.1. The van der Waals surface area contributed by atoms with Gasteiger partial charge in [-0.2, -0.15) is 0 Å². The molecular formula is C33H26FOP. The van der Waals surface area contributed by atoms with E-state index in [9.17, 15) is 4.39 Å². The molecule has 0 unspecified atom stereocenters. The van der Waals surface area contributed by atoms with E-state index >= 15 is 0 Å². The number of benzene rings is 5. The average Bonchev–Trinajstić information content (AvgIpc) is 2.94. The quantitative estimate of drug-likeness (QED) is 0.218. The van der Waals surface area contributed by atoms with Crippen LogP contribution in [0.1, 0.15) is 11.1 Å². The number of hydrogen-bond acceptors (Lipinski definition) is 1. The van der Waals surface area contributed by atoms with E-state index in [0.717, 1.165) is 33.6 Å². The Morgan fingerprint density at radius 1 is 0.667 bits per heavy atom. The zero-order valence-electron chi connectivity index (χ0n) is 20.1. The van der Waals surface area contributed by atoms with Gasteiger partial charge >= 0.3 is 0 Å². The Labute approximate surface area is 213 Å². The SMILES string of the molecule is C=C(c1ccc(OC)cc1)c1cc(F)ccc1-c1ccccc1P(c1ccccc1)c1ccccc1. The van der Waals surface area contributed by atoms with Crippen molar-refractivity contribution in [3.05, 3.63) is 151 Å². The highest BCUT2D eigenvalue weighted by Crippen LogP contribution is 2.39. The molecule has 176 valence electrons. The molecule has 0 saturated heterocycles. The lowest BCUT2D eigenvalue weighted by molar-refractivity contribution is 0.415. The summed E-state index contributed by atoms with van der Waals surface area (Å²) in [6.45, 7) is 4.37. The van der Waals surface area contributed by atoms with E-state index in [1.165, 1.54) is 22.0 Å². The zero-order valence-corrected chi connectivity index (χ0v) is 21.0. The minimum Gasteiger partial charge on any atom is -0.497 e. The Balaban J connectivity index is 1.69. The van der Waals surface area contributed by atoms with E-state index in [1.807, 2.05) is 48.5 Å². The topological polar surface area (TPSA) is 9.23 Å². The Kier molecular flexibility index (Phi) is 7.07. The zero-order chi connectivity index (χ0) is 24.9. The molecule has 0 saturated carbocycles. The molecular weight excluding hydrogens is 462 g/mol. The molecule has 0 N–H and O–H groups in total. The van der Waals surface area contributed by atoms with Crippen LogP contribution in [0.15, 0.2) is 134 Å². The van der Waals surface area contributed by atoms with Gasteiger partial charge in [0.2, 0.25) is 0 Å². The van der Waals surface area contributed by atoms with Crippen LogP contribution in [0, 0.1) is 5.82 Å². The molecule has 0 radical (unpaired) electrons. The lowest BCUT2D eigenvalue weighted by atomic mass is 9.91. The molecule has 5 rings (SSSR count). The van der Waals surface area contributed by atoms with Gasteiger partial charge in [0.15, 0.2) is 0 Å². The van der Waals surface area contributed by atoms with Gasteiger partial charge in [-0.3, -0.25) is 0 Å². The van der Waals surface area contributed by atoms with Gasteiger partial charge < -0.3 is 4.74 Å². The summed E-state index contributed by atoms with van der Waals surface area (Å²) in [6, 6.07) is 42.4. The van der Waals surface area contributed by atoms with Crippen molar-refractivity contribution in [3.63, 3.8) is 0 Å². The first kappa shape index (κ1) is 23.7. The fourth-order valence-electron chi connectivity index (χ4n) is 4.43. The molecule has 0 atom stereocenters. The van der Waals surface area contributed by atoms with Crippen LogP contribution in [0.3, 0.4) is 0 Å². The van der Waals surface area contributed by atoms with Crippen LogP contribution >= 0.6 is 7.92 Å². The standard InChI is InChI=1S/C33H26FOP/c1-24(25-17-20-27(35-2)21-18-25)32-23-26(34)19-22-30(32)31-15-9-10-16-33(31)36(28-11-5-3-6-12-28)29-13-7-4-8-14-29/h3-23H,1H2,2H3. The molecule has 3 heteroatoms. The highest BCUT2D eigenvalue weighted by molar-refractivity contribution is 7.80. The van der Waals surface area contributed by atoms with Crippen molar-refractivity contribution in [2.45, 2.75) is 0 Å². The van der Waals surface area contributed by atoms with Crippen LogP contribution in [0.5, 0.6) is 5.75 Å². The smallest absolute Gasteiger partial charge is 0.123 e. The first-order valence-corrected chi connectivity index (χ1v) is 13.1. The van der Waals surface area contributed by atoms with Gasteiger partial charge in [0.25, 0.3) is 0 Å². The third-order valence-corrected chi connectivity index (χ3v) is 8.71. The van der Waals surface area contributed by atoms with Gasteiger partial charge in [0.05, 0.1) is 7.11 Å². The molecule has 0 spiro atoms. The van der Waals surface area contributed by atoms with E-state index in [2.05, 4.69) is 73.3 Å². The molecule has 1 nitrogen and oxygen atoms in total. The maximum absolute atomic E-state index is 14.6. The van der Waals surface area contributed by atoms with Crippen molar-refractivity contribution in [1.29, 1.82) is 0 Å². The monoisotopic (exact) mass is 488 g/mol. The Hall–Kier alpha value is -4.00. The third-order valence-electron chi connectivity index (χ3n) is 6.21. The van der Waals surface area contributed by atoms with Gasteiger partial charge in [0.1, 0.15) is 11.6 Å². The molecule has 0 aliphatic rings. The molecule has 0 amide bonds. The summed E-state index contributed by atoms with van der Waals surface area (Å²) >= 11 is 0. The minimum absolute atomic E-state index is 0.283. The first-order valence-electron chi connectivity index (χ1n) is 11.8. The van der Waals surface area contributed by atoms with E-state index in [0.29, 0.717) is 0 Å². The minimum atomic E-state index is -0.831. The van der Waals surface area contributed by atoms with Crippen LogP contribution in [0.2, 0.25) is 0 Å². The van der Waals surface area contributed by atoms with Crippen molar-refractivity contribution in [2.24, 2.45) is 0 Å². The lowest BCUT2D eigenvalue weighted by Crippen LogP contribution is -2.22. The summed E-state index contributed by atoms with van der Waals surface area (Å²) in [5.74, 6) is 0.488. The summed E-state index contributed by atoms with van der Waals surface area (Å²) in [6.07, 6.45) is 0. The average molecular weight is 489 g/mol. The molecule has 0 bridgehead atoms. The molecule has 0 aromatic heterocycles. The number of ether oxygens (including phenoxy) is 1. The van der Waals surface area contributed by atoms with E-state index in [1.54, 1.807) is 13.2 Å². The van der Waals surface area contributed by atoms with Crippen LogP contribution in [0.25, 0.3) is 16.7 Å². The van der Waals surface area contributed by atoms with Crippen LogP contribution in [-0.4, -0.2) is 7.11 Å². The predicted molar refractivity (Wildman–Crippen MR) is 152 cm³/mol. The predicted octanol–water partition coefficient (Wildman–Crippen LogP) is 7.32. The third kappa shape index (κ3) is 4.87. The molecule has 36 heavy (non-hydrogen) atoms. The normalized spacial score (nSPS) is 10.9. The molecule has 5 aromatic carbocycles. The Morgan fingerprint density at radius 3 is 1.86 bits per heavy atom. The van der Waals surface area contributed by atoms with Gasteiger partial charge in [-0.15, -0.1) is 0 Å². The lowest BCUT2D eigenvalue weighted by Gasteiger charge is -2.24. The molecule has 0 aliphatic heterocycles. The number of methoxy groups -OCH3 is 1. The molecule has 5 aromatic rings. The van der Waals surface area contributed by atoms with Crippen molar-refractivity contribution in [2.75, 3.05) is 7.11 Å². The summed E-state index contributed by atoms with van der Waals surface area (Å²) < 4.78 is 19.9. The molecule has 0 aliphatic carbocycles. The second-order valence-corrected chi connectivity index (χ2v) is 10.6. The van der Waals surface area contributed by atoms with Crippen LogP contribution < -0.4 is 20.7 Å². The fraction of sp³-hybridized carbons (Fsp3) is 0.0303. The fourth-order valence-corrected chi connectivity index (χ4v) is 6.89. The number of rotatable bonds is 7. The van der Waals surface area contributed by atoms with Crippen molar-refractivity contribution in [3.8, 4) is 16.9 Å². The summed E-state index contributed by atoms with van der Waals surface area (Å²) in [4.78, 5) is 0. The van der Waals surface area contributed by atoms with Crippen molar-refractivity contribution >= 4 is 29.4 Å². The Morgan fingerprint density at radius 2 is 1.25 bits per heavy atom. The van der Waals surface area contributed by atoms with Gasteiger partial charge in [-0.25, -0.2) is 4.39 Å². The Bertz CT molecular complexity index is 1440. The number of halogens is 1. The van der Waals surface area contributed by atoms with Gasteiger partial charge in [-0.1, -0.05) is 110 Å². The summed E-state index contributed by atoms with van der Waals surface area (Å²) in [5.41, 5.74) is 4.52. The summed E-state index contributed by atoms with van der Waals surface area (Å²) in [5, 5.41) is 3.76. The van der Waals surface area contributed by atoms with Crippen LogP contribution in [0.4, 0.5) is 4.39 Å². The second-order valence-electron chi connectivity index (χ2n) is 8.42. The first-order chi connectivity index (χ1) is 17.7. The van der Waals surface area contributed by atoms with Crippen LogP contribution in [-0.2, 0) is 0 Å². The summed E-state index contributed by atoms with van der Waals surface area (Å²) in [7, 11) is 0.811. The molecule has 0 fully saturated rings. The maximum Gasteiger partial charge on any atom is 0.123 e. The van der Waals surface area contributed by atoms with Crippen molar-refractivity contribution in [1.82, 2.24) is 0 Å². The van der Waals surface area contributed by atoms with E-state index in [4.69, 9.17) is 4.74 Å². The highest BCUT2D eigenvalue weighted by Gasteiger charge is 2.22. The van der Waals surface area contributed by atoms with Gasteiger partial charge in [-0.05, 0) is 75.9 Å². The van der Waals surface area contributed by atoms with Crippen molar-refractivity contribution < 1.29 is 9.13 Å². The van der Waals surface area contributed by atoms with E-state index in [-0.39, 0.29) is 5.82 Å². The molecule has 0 heterocycles.